The summed E-state index contributed by atoms with van der Waals surface area (Å²) in [6, 6.07) is 16.7. The lowest BCUT2D eigenvalue weighted by Crippen LogP contribution is -2.40. The van der Waals surface area contributed by atoms with Crippen LogP contribution < -0.4 is 10.6 Å². The van der Waals surface area contributed by atoms with Gasteiger partial charge in [0.25, 0.3) is 0 Å². The summed E-state index contributed by atoms with van der Waals surface area (Å²) in [7, 11) is 0. The van der Waals surface area contributed by atoms with Crippen molar-refractivity contribution in [3.05, 3.63) is 65.2 Å². The number of carbonyl (C=O) groups excluding carboxylic acids is 2. The van der Waals surface area contributed by atoms with Crippen molar-refractivity contribution < 1.29 is 9.59 Å². The van der Waals surface area contributed by atoms with Crippen LogP contribution in [0.5, 0.6) is 0 Å². The van der Waals surface area contributed by atoms with Gasteiger partial charge in [-0.25, -0.2) is 0 Å². The third-order valence-electron chi connectivity index (χ3n) is 4.26. The highest BCUT2D eigenvalue weighted by Gasteiger charge is 2.56. The lowest BCUT2D eigenvalue weighted by atomic mass is 10.0. The molecule has 0 heterocycles. The molecule has 1 fully saturated rings. The van der Waals surface area contributed by atoms with E-state index in [1.165, 1.54) is 0 Å². The molecule has 24 heavy (non-hydrogen) atoms. The van der Waals surface area contributed by atoms with Gasteiger partial charge in [-0.2, -0.15) is 0 Å². The summed E-state index contributed by atoms with van der Waals surface area (Å²) in [5.41, 5.74) is 0.900. The van der Waals surface area contributed by atoms with Crippen LogP contribution >= 0.6 is 11.6 Å². The summed E-state index contributed by atoms with van der Waals surface area (Å²) in [5, 5.41) is 6.40. The highest BCUT2D eigenvalue weighted by atomic mass is 35.5. The number of halogens is 1. The molecule has 2 amide bonds. The van der Waals surface area contributed by atoms with E-state index < -0.39 is 5.41 Å². The Balaban J connectivity index is 1.52. The molecular formula is C19H19ClN2O2. The summed E-state index contributed by atoms with van der Waals surface area (Å²) in [4.78, 5) is 24.8. The summed E-state index contributed by atoms with van der Waals surface area (Å²) in [6.45, 7) is 0.501. The Morgan fingerprint density at radius 1 is 0.958 bits per heavy atom. The second-order valence-corrected chi connectivity index (χ2v) is 6.47. The molecule has 3 rings (SSSR count). The molecule has 0 aromatic heterocycles. The number of hydrogen-bond donors (Lipinski definition) is 2. The minimum Gasteiger partial charge on any atom is -0.355 e. The summed E-state index contributed by atoms with van der Waals surface area (Å²) in [5.74, 6) is -0.414. The first-order valence-corrected chi connectivity index (χ1v) is 8.37. The standard InChI is InChI=1S/C19H19ClN2O2/c20-15-8-6-14(7-9-15)10-13-21-17(23)19(11-12-19)18(24)22-16-4-2-1-3-5-16/h1-9H,10-13H2,(H,21,23)(H,22,24). The molecule has 0 aliphatic heterocycles. The SMILES string of the molecule is O=C(NCCc1ccc(Cl)cc1)C1(C(=O)Nc2ccccc2)CC1. The van der Waals surface area contributed by atoms with Crippen LogP contribution in [0.2, 0.25) is 5.02 Å². The highest BCUT2D eigenvalue weighted by molar-refractivity contribution is 6.30. The van der Waals surface area contributed by atoms with Crippen molar-refractivity contribution in [3.8, 4) is 0 Å². The van der Waals surface area contributed by atoms with Crippen LogP contribution in [0.15, 0.2) is 54.6 Å². The Bertz CT molecular complexity index is 725. The van der Waals surface area contributed by atoms with Crippen molar-refractivity contribution in [2.24, 2.45) is 5.41 Å². The van der Waals surface area contributed by atoms with Crippen LogP contribution in [-0.2, 0) is 16.0 Å². The van der Waals surface area contributed by atoms with Gasteiger partial charge in [0.05, 0.1) is 0 Å². The van der Waals surface area contributed by atoms with Crippen LogP contribution in [0.25, 0.3) is 0 Å². The van der Waals surface area contributed by atoms with Crippen molar-refractivity contribution in [2.45, 2.75) is 19.3 Å². The van der Waals surface area contributed by atoms with Gasteiger partial charge < -0.3 is 10.6 Å². The largest absolute Gasteiger partial charge is 0.355 e. The van der Waals surface area contributed by atoms with E-state index in [2.05, 4.69) is 10.6 Å². The van der Waals surface area contributed by atoms with E-state index in [0.717, 1.165) is 5.56 Å². The fourth-order valence-corrected chi connectivity index (χ4v) is 2.72. The minimum absolute atomic E-state index is 0.190. The van der Waals surface area contributed by atoms with E-state index in [4.69, 9.17) is 11.6 Å². The highest BCUT2D eigenvalue weighted by Crippen LogP contribution is 2.46. The first-order valence-electron chi connectivity index (χ1n) is 7.99. The first kappa shape index (κ1) is 16.5. The minimum atomic E-state index is -0.907. The van der Waals surface area contributed by atoms with Crippen LogP contribution in [0, 0.1) is 5.41 Å². The molecule has 0 bridgehead atoms. The zero-order valence-electron chi connectivity index (χ0n) is 13.2. The topological polar surface area (TPSA) is 58.2 Å². The van der Waals surface area contributed by atoms with Crippen molar-refractivity contribution in [3.63, 3.8) is 0 Å². The van der Waals surface area contributed by atoms with Crippen molar-refractivity contribution >= 4 is 29.1 Å². The molecule has 0 unspecified atom stereocenters. The average Bonchev–Trinajstić information content (AvgIpc) is 3.39. The number of amides is 2. The van der Waals surface area contributed by atoms with Crippen LogP contribution in [0.1, 0.15) is 18.4 Å². The third-order valence-corrected chi connectivity index (χ3v) is 4.52. The number of para-hydroxylation sites is 1. The molecule has 1 aliphatic carbocycles. The molecular weight excluding hydrogens is 324 g/mol. The molecule has 0 saturated heterocycles. The zero-order chi connectivity index (χ0) is 17.0. The number of nitrogens with one attached hydrogen (secondary N) is 2. The average molecular weight is 343 g/mol. The second-order valence-electron chi connectivity index (χ2n) is 6.03. The van der Waals surface area contributed by atoms with E-state index in [1.807, 2.05) is 54.6 Å². The molecule has 0 atom stereocenters. The summed E-state index contributed by atoms with van der Waals surface area (Å²) < 4.78 is 0. The fourth-order valence-electron chi connectivity index (χ4n) is 2.60. The van der Waals surface area contributed by atoms with Gasteiger partial charge in [-0.1, -0.05) is 41.9 Å². The fraction of sp³-hybridized carbons (Fsp3) is 0.263. The Labute approximate surface area is 146 Å². The quantitative estimate of drug-likeness (QED) is 0.790. The second kappa shape index (κ2) is 7.05. The smallest absolute Gasteiger partial charge is 0.240 e. The van der Waals surface area contributed by atoms with Crippen LogP contribution in [0.4, 0.5) is 5.69 Å². The van der Waals surface area contributed by atoms with Crippen molar-refractivity contribution in [1.29, 1.82) is 0 Å². The van der Waals surface area contributed by atoms with Gasteiger partial charge in [-0.3, -0.25) is 9.59 Å². The summed E-state index contributed by atoms with van der Waals surface area (Å²) in [6.07, 6.45) is 1.90. The van der Waals surface area contributed by atoms with E-state index in [9.17, 15) is 9.59 Å². The van der Waals surface area contributed by atoms with Gasteiger partial charge >= 0.3 is 0 Å². The lowest BCUT2D eigenvalue weighted by molar-refractivity contribution is -0.134. The Morgan fingerprint density at radius 3 is 2.25 bits per heavy atom. The third kappa shape index (κ3) is 3.77. The molecule has 4 nitrogen and oxygen atoms in total. The van der Waals surface area contributed by atoms with Gasteiger partial charge in [-0.15, -0.1) is 0 Å². The lowest BCUT2D eigenvalue weighted by Gasteiger charge is -2.15. The van der Waals surface area contributed by atoms with Gasteiger partial charge in [0.2, 0.25) is 11.8 Å². The molecule has 2 N–H and O–H groups in total. The van der Waals surface area contributed by atoms with E-state index in [1.54, 1.807) is 0 Å². The van der Waals surface area contributed by atoms with Crippen LogP contribution in [0.3, 0.4) is 0 Å². The number of rotatable bonds is 6. The molecule has 1 saturated carbocycles. The van der Waals surface area contributed by atoms with Crippen LogP contribution in [-0.4, -0.2) is 18.4 Å². The molecule has 1 aliphatic rings. The van der Waals surface area contributed by atoms with E-state index >= 15 is 0 Å². The normalized spacial score (nSPS) is 14.7. The maximum absolute atomic E-state index is 12.4. The van der Waals surface area contributed by atoms with Gasteiger partial charge in [0, 0.05) is 17.3 Å². The Morgan fingerprint density at radius 2 is 1.62 bits per heavy atom. The molecule has 0 spiro atoms. The van der Waals surface area contributed by atoms with E-state index in [-0.39, 0.29) is 11.8 Å². The monoisotopic (exact) mass is 342 g/mol. The zero-order valence-corrected chi connectivity index (χ0v) is 14.0. The van der Waals surface area contributed by atoms with Gasteiger partial charge in [0.1, 0.15) is 5.41 Å². The number of anilines is 1. The predicted molar refractivity (Wildman–Crippen MR) is 94.9 cm³/mol. The molecule has 2 aromatic rings. The summed E-state index contributed by atoms with van der Waals surface area (Å²) >= 11 is 5.85. The maximum atomic E-state index is 12.4. The number of benzene rings is 2. The molecule has 0 radical (unpaired) electrons. The molecule has 5 heteroatoms. The Kier molecular flexibility index (Phi) is 4.86. The number of hydrogen-bond acceptors (Lipinski definition) is 2. The molecule has 2 aromatic carbocycles. The predicted octanol–water partition coefficient (Wildman–Crippen LogP) is 3.42. The Hall–Kier alpha value is -2.33. The van der Waals surface area contributed by atoms with Crippen molar-refractivity contribution in [1.82, 2.24) is 5.32 Å². The number of carbonyl (C=O) groups is 2. The molecule has 124 valence electrons. The van der Waals surface area contributed by atoms with Gasteiger partial charge in [-0.05, 0) is 49.1 Å². The van der Waals surface area contributed by atoms with Crippen molar-refractivity contribution in [2.75, 3.05) is 11.9 Å². The van der Waals surface area contributed by atoms with E-state index in [0.29, 0.717) is 36.5 Å². The maximum Gasteiger partial charge on any atom is 0.240 e. The first-order chi connectivity index (χ1) is 11.6. The van der Waals surface area contributed by atoms with Gasteiger partial charge in [0.15, 0.2) is 0 Å².